The molecule has 2 N–H and O–H groups in total. The summed E-state index contributed by atoms with van der Waals surface area (Å²) in [5, 5.41) is 9.87. The standard InChI is InChI=1S/C70H119O11P/c1-4-7-10-13-16-19-22-25-28-31-33-36-39-42-45-48-51-54-57-60-69(73)80-66(62-71)64-78-82(75,76)79-65-67(63-77-68(72)59-56-53-50-47-44-41-38-35-30-27-24-21-18-15-12-9-6-3)81-70(74)61-58-55-52-49-46-43-40-37-34-32-29-26-23-20-17-14-11-8-5-2/h8-9,11-12,17-18,20-21,26-27,29-30,34,37-38,41,43,46,66-67,71H,4-7,10,13-16,19,22-25,28,31-33,35-36,39-40,42,44-45,47-65H2,1-3H3,(H,75,76)/b11-8-,12-9-,20-17-,21-18-,29-26-,30-27-,37-34-,41-38-,46-43-. The second kappa shape index (κ2) is 63.2. The Bertz CT molecular complexity index is 1790. The minimum absolute atomic E-state index is 0.118. The molecule has 0 aromatic rings. The lowest BCUT2D eigenvalue weighted by atomic mass is 10.0. The summed E-state index contributed by atoms with van der Waals surface area (Å²) >= 11 is 0. The minimum atomic E-state index is -4.78. The van der Waals surface area contributed by atoms with Crippen LogP contribution >= 0.6 is 7.82 Å². The van der Waals surface area contributed by atoms with Gasteiger partial charge in [0.1, 0.15) is 12.7 Å². The zero-order valence-electron chi connectivity index (χ0n) is 52.2. The highest BCUT2D eigenvalue weighted by molar-refractivity contribution is 7.47. The number of esters is 3. The monoisotopic (exact) mass is 1170 g/mol. The van der Waals surface area contributed by atoms with Gasteiger partial charge >= 0.3 is 25.7 Å². The van der Waals surface area contributed by atoms with E-state index in [-0.39, 0.29) is 25.9 Å². The van der Waals surface area contributed by atoms with Gasteiger partial charge in [0, 0.05) is 19.3 Å². The number of hydrogen-bond donors (Lipinski definition) is 2. The van der Waals surface area contributed by atoms with Crippen LogP contribution in [-0.4, -0.2) is 66.5 Å². The number of unbranched alkanes of at least 4 members (excludes halogenated alkanes) is 25. The summed E-state index contributed by atoms with van der Waals surface area (Å²) in [7, 11) is -4.78. The molecular formula is C70H119O11P. The van der Waals surface area contributed by atoms with Gasteiger partial charge < -0.3 is 24.2 Å². The van der Waals surface area contributed by atoms with Crippen molar-refractivity contribution >= 4 is 25.7 Å². The number of phosphoric acid groups is 1. The van der Waals surface area contributed by atoms with E-state index in [9.17, 15) is 28.9 Å². The number of allylic oxidation sites excluding steroid dienone is 18. The van der Waals surface area contributed by atoms with E-state index in [1.165, 1.54) is 96.3 Å². The summed E-state index contributed by atoms with van der Waals surface area (Å²) in [6.45, 7) is 4.39. The highest BCUT2D eigenvalue weighted by Gasteiger charge is 2.28. The van der Waals surface area contributed by atoms with Crippen molar-refractivity contribution in [2.75, 3.05) is 26.4 Å². The first-order valence-corrected chi connectivity index (χ1v) is 34.3. The van der Waals surface area contributed by atoms with E-state index in [4.69, 9.17) is 23.3 Å². The smallest absolute Gasteiger partial charge is 0.462 e. The molecule has 0 fully saturated rings. The number of carbonyl (C=O) groups excluding carboxylic acids is 3. The number of aliphatic hydroxyl groups excluding tert-OH is 1. The van der Waals surface area contributed by atoms with E-state index < -0.39 is 57.8 Å². The average Bonchev–Trinajstić information content (AvgIpc) is 3.50. The molecule has 0 bridgehead atoms. The van der Waals surface area contributed by atoms with Crippen LogP contribution in [0, 0.1) is 0 Å². The molecule has 0 aliphatic carbocycles. The fourth-order valence-corrected chi connectivity index (χ4v) is 9.57. The van der Waals surface area contributed by atoms with E-state index >= 15 is 0 Å². The van der Waals surface area contributed by atoms with Gasteiger partial charge in [-0.3, -0.25) is 23.4 Å². The Labute approximate surface area is 501 Å². The van der Waals surface area contributed by atoms with Crippen LogP contribution in [0.4, 0.5) is 0 Å². The van der Waals surface area contributed by atoms with Crippen LogP contribution < -0.4 is 0 Å². The first-order chi connectivity index (χ1) is 40.2. The molecule has 0 aliphatic heterocycles. The molecule has 0 heterocycles. The fourth-order valence-electron chi connectivity index (χ4n) is 8.79. The molecule has 0 spiro atoms. The molecule has 0 rings (SSSR count). The molecular weight excluding hydrogens is 1050 g/mol. The molecule has 82 heavy (non-hydrogen) atoms. The lowest BCUT2D eigenvalue weighted by Crippen LogP contribution is -2.30. The van der Waals surface area contributed by atoms with Gasteiger partial charge in [-0.15, -0.1) is 0 Å². The van der Waals surface area contributed by atoms with Crippen LogP contribution in [0.2, 0.25) is 0 Å². The van der Waals surface area contributed by atoms with Gasteiger partial charge in [-0.25, -0.2) is 4.57 Å². The molecule has 0 aromatic carbocycles. The normalized spacial score (nSPS) is 14.0. The first-order valence-electron chi connectivity index (χ1n) is 32.8. The number of rotatable bonds is 60. The van der Waals surface area contributed by atoms with Gasteiger partial charge in [0.25, 0.3) is 0 Å². The molecule has 0 aromatic heterocycles. The highest BCUT2D eigenvalue weighted by Crippen LogP contribution is 2.43. The summed E-state index contributed by atoms with van der Waals surface area (Å²) in [5.41, 5.74) is 0. The third-order valence-electron chi connectivity index (χ3n) is 13.7. The molecule has 0 saturated heterocycles. The van der Waals surface area contributed by atoms with Crippen molar-refractivity contribution in [3.8, 4) is 0 Å². The van der Waals surface area contributed by atoms with Crippen LogP contribution in [0.25, 0.3) is 0 Å². The van der Waals surface area contributed by atoms with Crippen molar-refractivity contribution in [1.29, 1.82) is 0 Å². The van der Waals surface area contributed by atoms with E-state index in [2.05, 4.69) is 130 Å². The lowest BCUT2D eigenvalue weighted by molar-refractivity contribution is -0.161. The number of carbonyl (C=O) groups is 3. The van der Waals surface area contributed by atoms with E-state index in [0.29, 0.717) is 19.3 Å². The molecule has 3 atom stereocenters. The number of phosphoric ester groups is 1. The molecule has 470 valence electrons. The Balaban J connectivity index is 4.76. The Hall–Kier alpha value is -3.86. The summed E-state index contributed by atoms with van der Waals surface area (Å²) in [6.07, 6.45) is 77.6. The van der Waals surface area contributed by atoms with Gasteiger partial charge in [-0.1, -0.05) is 265 Å². The minimum Gasteiger partial charge on any atom is -0.462 e. The first kappa shape index (κ1) is 78.1. The summed E-state index contributed by atoms with van der Waals surface area (Å²) in [5.74, 6) is -1.53. The maximum atomic E-state index is 13.0. The highest BCUT2D eigenvalue weighted by atomic mass is 31.2. The zero-order chi connectivity index (χ0) is 59.8. The van der Waals surface area contributed by atoms with Crippen LogP contribution in [0.3, 0.4) is 0 Å². The van der Waals surface area contributed by atoms with E-state index in [0.717, 1.165) is 122 Å². The summed E-state index contributed by atoms with van der Waals surface area (Å²) in [6, 6.07) is 0. The second-order valence-corrected chi connectivity index (χ2v) is 23.0. The molecule has 0 saturated carbocycles. The third-order valence-corrected chi connectivity index (χ3v) is 14.6. The largest absolute Gasteiger partial charge is 0.472 e. The molecule has 3 unspecified atom stereocenters. The Morgan fingerprint density at radius 1 is 0.354 bits per heavy atom. The second-order valence-electron chi connectivity index (χ2n) is 21.5. The van der Waals surface area contributed by atoms with Gasteiger partial charge in [0.05, 0.1) is 19.8 Å². The molecule has 0 amide bonds. The van der Waals surface area contributed by atoms with Crippen molar-refractivity contribution in [3.63, 3.8) is 0 Å². The predicted octanol–water partition coefficient (Wildman–Crippen LogP) is 20.1. The topological polar surface area (TPSA) is 155 Å². The Morgan fingerprint density at radius 2 is 0.634 bits per heavy atom. The lowest BCUT2D eigenvalue weighted by Gasteiger charge is -2.21. The van der Waals surface area contributed by atoms with Crippen LogP contribution in [0.1, 0.15) is 278 Å². The zero-order valence-corrected chi connectivity index (χ0v) is 53.1. The number of hydrogen-bond acceptors (Lipinski definition) is 10. The van der Waals surface area contributed by atoms with Crippen molar-refractivity contribution in [2.24, 2.45) is 0 Å². The summed E-state index contributed by atoms with van der Waals surface area (Å²) < 4.78 is 39.7. The van der Waals surface area contributed by atoms with Crippen molar-refractivity contribution in [3.05, 3.63) is 109 Å². The number of ether oxygens (including phenoxy) is 3. The fraction of sp³-hybridized carbons (Fsp3) is 0.700. The predicted molar refractivity (Wildman–Crippen MR) is 343 cm³/mol. The van der Waals surface area contributed by atoms with Crippen molar-refractivity contribution in [2.45, 2.75) is 290 Å². The Kier molecular flexibility index (Phi) is 60.2. The maximum absolute atomic E-state index is 13.0. The molecule has 11 nitrogen and oxygen atoms in total. The quantitative estimate of drug-likeness (QED) is 0.0197. The van der Waals surface area contributed by atoms with E-state index in [1.54, 1.807) is 0 Å². The van der Waals surface area contributed by atoms with Gasteiger partial charge in [-0.05, 0) is 103 Å². The van der Waals surface area contributed by atoms with Crippen molar-refractivity contribution < 1.29 is 52.2 Å². The molecule has 0 radical (unpaired) electrons. The van der Waals surface area contributed by atoms with Crippen molar-refractivity contribution in [1.82, 2.24) is 0 Å². The summed E-state index contributed by atoms with van der Waals surface area (Å²) in [4.78, 5) is 48.8. The Morgan fingerprint density at radius 3 is 0.988 bits per heavy atom. The van der Waals surface area contributed by atoms with Crippen LogP contribution in [-0.2, 0) is 42.2 Å². The molecule has 12 heteroatoms. The SMILES string of the molecule is CC/C=C\C/C=C\C/C=C\C/C=C\C/C=C\CCCCCC(=O)OC(COC(=O)CCCCCC/C=C\C/C=C\C/C=C\C/C=C\CC)COP(=O)(O)OCC(CO)OC(=O)CCCCCCCCCCCCCCCCCCCCC. The maximum Gasteiger partial charge on any atom is 0.472 e. The third kappa shape index (κ3) is 60.7. The average molecular weight is 1170 g/mol. The molecule has 0 aliphatic rings. The van der Waals surface area contributed by atoms with Gasteiger partial charge in [0.15, 0.2) is 6.10 Å². The van der Waals surface area contributed by atoms with Crippen LogP contribution in [0.15, 0.2) is 109 Å². The van der Waals surface area contributed by atoms with Gasteiger partial charge in [-0.2, -0.15) is 0 Å². The van der Waals surface area contributed by atoms with Gasteiger partial charge in [0.2, 0.25) is 0 Å². The van der Waals surface area contributed by atoms with Crippen LogP contribution in [0.5, 0.6) is 0 Å². The number of aliphatic hydroxyl groups is 1. The van der Waals surface area contributed by atoms with E-state index in [1.807, 2.05) is 0 Å².